The molecule has 1 rings (SSSR count). The lowest BCUT2D eigenvalue weighted by Gasteiger charge is -2.23. The van der Waals surface area contributed by atoms with Crippen molar-refractivity contribution in [2.75, 3.05) is 30.4 Å². The molecule has 84 valence electrons. The predicted molar refractivity (Wildman–Crippen MR) is 67.4 cm³/mol. The first-order chi connectivity index (χ1) is 6.83. The van der Waals surface area contributed by atoms with Crippen LogP contribution in [-0.4, -0.2) is 46.8 Å². The molecule has 2 nitrogen and oxygen atoms in total. The summed E-state index contributed by atoms with van der Waals surface area (Å²) in [5, 5.41) is 13.0. The van der Waals surface area contributed by atoms with E-state index in [1.807, 2.05) is 0 Å². The Kier molecular flexibility index (Phi) is 7.12. The van der Waals surface area contributed by atoms with Gasteiger partial charge in [0.15, 0.2) is 0 Å². The minimum absolute atomic E-state index is 0.319. The maximum absolute atomic E-state index is 8.70. The van der Waals surface area contributed by atoms with Crippen LogP contribution in [0.1, 0.15) is 19.8 Å². The summed E-state index contributed by atoms with van der Waals surface area (Å²) in [5.41, 5.74) is 0. The second-order valence-corrected chi connectivity index (χ2v) is 6.30. The average molecular weight is 235 g/mol. The second-order valence-electron chi connectivity index (χ2n) is 3.74. The monoisotopic (exact) mass is 235 g/mol. The summed E-state index contributed by atoms with van der Waals surface area (Å²) in [6, 6.07) is 0.551. The number of nitrogens with one attached hydrogen (secondary N) is 1. The molecule has 2 atom stereocenters. The summed E-state index contributed by atoms with van der Waals surface area (Å²) < 4.78 is 0. The molecule has 0 saturated carbocycles. The Balaban J connectivity index is 2.00. The van der Waals surface area contributed by atoms with Crippen LogP contribution in [0.5, 0.6) is 0 Å². The van der Waals surface area contributed by atoms with Crippen molar-refractivity contribution in [2.24, 2.45) is 0 Å². The topological polar surface area (TPSA) is 32.3 Å². The normalized spacial score (nSPS) is 24.9. The molecule has 0 bridgehead atoms. The summed E-state index contributed by atoms with van der Waals surface area (Å²) in [7, 11) is 0. The molecule has 4 heteroatoms. The highest BCUT2D eigenvalue weighted by Crippen LogP contribution is 2.23. The van der Waals surface area contributed by atoms with Gasteiger partial charge in [0.1, 0.15) is 0 Å². The van der Waals surface area contributed by atoms with Crippen molar-refractivity contribution in [1.29, 1.82) is 0 Å². The van der Waals surface area contributed by atoms with Gasteiger partial charge in [-0.1, -0.05) is 0 Å². The van der Waals surface area contributed by atoms with Crippen LogP contribution in [0.2, 0.25) is 0 Å². The van der Waals surface area contributed by atoms with Gasteiger partial charge in [0.05, 0.1) is 0 Å². The van der Waals surface area contributed by atoms with Crippen LogP contribution in [0.4, 0.5) is 0 Å². The summed E-state index contributed by atoms with van der Waals surface area (Å²) in [6.07, 6.45) is 2.00. The molecule has 0 spiro atoms. The smallest absolute Gasteiger partial charge is 0.0431 e. The first-order valence-corrected chi connectivity index (χ1v) is 7.57. The molecule has 1 heterocycles. The first-order valence-electron chi connectivity index (χ1n) is 5.36. The molecule has 0 aromatic carbocycles. The quantitative estimate of drug-likeness (QED) is 0.732. The van der Waals surface area contributed by atoms with E-state index < -0.39 is 0 Å². The number of aliphatic hydroxyl groups is 1. The third kappa shape index (κ3) is 5.49. The Morgan fingerprint density at radius 3 is 3.00 bits per heavy atom. The Bertz CT molecular complexity index is 140. The number of hydrogen-bond acceptors (Lipinski definition) is 4. The van der Waals surface area contributed by atoms with Crippen LogP contribution in [0.25, 0.3) is 0 Å². The molecule has 0 radical (unpaired) electrons. The molecule has 2 unspecified atom stereocenters. The highest BCUT2D eigenvalue weighted by molar-refractivity contribution is 8.06. The SMILES string of the molecule is CC(CCCO)NCC1CSCCS1. The van der Waals surface area contributed by atoms with Crippen LogP contribution in [-0.2, 0) is 0 Å². The van der Waals surface area contributed by atoms with E-state index in [9.17, 15) is 0 Å². The summed E-state index contributed by atoms with van der Waals surface area (Å²) in [4.78, 5) is 0. The summed E-state index contributed by atoms with van der Waals surface area (Å²) >= 11 is 4.17. The Morgan fingerprint density at radius 1 is 1.50 bits per heavy atom. The van der Waals surface area contributed by atoms with Crippen molar-refractivity contribution in [2.45, 2.75) is 31.1 Å². The van der Waals surface area contributed by atoms with Crippen molar-refractivity contribution >= 4 is 23.5 Å². The fraction of sp³-hybridized carbons (Fsp3) is 1.00. The van der Waals surface area contributed by atoms with E-state index >= 15 is 0 Å². The minimum Gasteiger partial charge on any atom is -0.396 e. The van der Waals surface area contributed by atoms with E-state index in [0.29, 0.717) is 12.6 Å². The van der Waals surface area contributed by atoms with Crippen LogP contribution < -0.4 is 5.32 Å². The predicted octanol–water partition coefficient (Wildman–Crippen LogP) is 1.59. The average Bonchev–Trinajstić information content (AvgIpc) is 2.25. The van der Waals surface area contributed by atoms with Crippen molar-refractivity contribution in [3.63, 3.8) is 0 Å². The van der Waals surface area contributed by atoms with Crippen molar-refractivity contribution in [1.82, 2.24) is 5.32 Å². The van der Waals surface area contributed by atoms with Crippen LogP contribution in [0.15, 0.2) is 0 Å². The molecule has 1 fully saturated rings. The van der Waals surface area contributed by atoms with E-state index in [0.717, 1.165) is 24.6 Å². The zero-order chi connectivity index (χ0) is 10.2. The Hall–Kier alpha value is 0.620. The zero-order valence-electron chi connectivity index (χ0n) is 8.87. The number of aliphatic hydroxyl groups excluding tert-OH is 1. The van der Waals surface area contributed by atoms with Gasteiger partial charge in [0.25, 0.3) is 0 Å². The first kappa shape index (κ1) is 12.7. The van der Waals surface area contributed by atoms with Crippen LogP contribution >= 0.6 is 23.5 Å². The van der Waals surface area contributed by atoms with Gasteiger partial charge in [-0.25, -0.2) is 0 Å². The lowest BCUT2D eigenvalue weighted by molar-refractivity contribution is 0.277. The van der Waals surface area contributed by atoms with Crippen molar-refractivity contribution in [3.8, 4) is 0 Å². The maximum Gasteiger partial charge on any atom is 0.0431 e. The van der Waals surface area contributed by atoms with E-state index in [1.54, 1.807) is 0 Å². The molecule has 0 aliphatic carbocycles. The van der Waals surface area contributed by atoms with Crippen LogP contribution in [0.3, 0.4) is 0 Å². The van der Waals surface area contributed by atoms with E-state index in [1.165, 1.54) is 17.3 Å². The second kappa shape index (κ2) is 7.85. The largest absolute Gasteiger partial charge is 0.396 e. The minimum atomic E-state index is 0.319. The fourth-order valence-corrected chi connectivity index (χ4v) is 4.11. The number of hydrogen-bond donors (Lipinski definition) is 2. The van der Waals surface area contributed by atoms with Gasteiger partial charge >= 0.3 is 0 Å². The Morgan fingerprint density at radius 2 is 2.36 bits per heavy atom. The molecule has 0 aromatic rings. The summed E-state index contributed by atoms with van der Waals surface area (Å²) in [6.45, 7) is 3.65. The highest BCUT2D eigenvalue weighted by atomic mass is 32.2. The molecule has 1 saturated heterocycles. The van der Waals surface area contributed by atoms with Crippen LogP contribution in [0, 0.1) is 0 Å². The fourth-order valence-electron chi connectivity index (χ4n) is 1.49. The molecule has 1 aliphatic heterocycles. The van der Waals surface area contributed by atoms with Gasteiger partial charge in [0, 0.05) is 41.7 Å². The van der Waals surface area contributed by atoms with Gasteiger partial charge in [-0.05, 0) is 19.8 Å². The lowest BCUT2D eigenvalue weighted by Crippen LogP contribution is -2.34. The van der Waals surface area contributed by atoms with Crippen molar-refractivity contribution < 1.29 is 5.11 Å². The lowest BCUT2D eigenvalue weighted by atomic mass is 10.2. The molecule has 0 aromatic heterocycles. The highest BCUT2D eigenvalue weighted by Gasteiger charge is 2.14. The summed E-state index contributed by atoms with van der Waals surface area (Å²) in [5.74, 6) is 3.92. The van der Waals surface area contributed by atoms with E-state index in [2.05, 4.69) is 35.8 Å². The van der Waals surface area contributed by atoms with E-state index in [-0.39, 0.29) is 0 Å². The third-order valence-electron chi connectivity index (χ3n) is 2.37. The molecular weight excluding hydrogens is 214 g/mol. The molecular formula is C10H21NOS2. The Labute approximate surface area is 95.6 Å². The zero-order valence-corrected chi connectivity index (χ0v) is 10.5. The maximum atomic E-state index is 8.70. The van der Waals surface area contributed by atoms with Gasteiger partial charge in [-0.2, -0.15) is 23.5 Å². The molecule has 0 amide bonds. The van der Waals surface area contributed by atoms with Crippen molar-refractivity contribution in [3.05, 3.63) is 0 Å². The number of rotatable bonds is 6. The molecule has 1 aliphatic rings. The molecule has 14 heavy (non-hydrogen) atoms. The number of thioether (sulfide) groups is 2. The van der Waals surface area contributed by atoms with Gasteiger partial charge in [-0.15, -0.1) is 0 Å². The molecule has 2 N–H and O–H groups in total. The van der Waals surface area contributed by atoms with Gasteiger partial charge in [-0.3, -0.25) is 0 Å². The van der Waals surface area contributed by atoms with Gasteiger partial charge in [0.2, 0.25) is 0 Å². The third-order valence-corrected chi connectivity index (χ3v) is 5.22. The standard InChI is InChI=1S/C10H21NOS2/c1-9(3-2-4-12)11-7-10-8-13-5-6-14-10/h9-12H,2-8H2,1H3. The van der Waals surface area contributed by atoms with E-state index in [4.69, 9.17) is 5.11 Å². The van der Waals surface area contributed by atoms with Gasteiger partial charge < -0.3 is 10.4 Å².